The fraction of sp³-hybridized carbons (Fsp3) is 0.294. The number of carbonyl (C=O) groups excluding carboxylic acids is 4. The van der Waals surface area contributed by atoms with Gasteiger partial charge in [-0.05, 0) is 31.2 Å². The minimum absolute atomic E-state index is 0.0140. The molecule has 0 aliphatic carbocycles. The van der Waals surface area contributed by atoms with Gasteiger partial charge in [0, 0.05) is 19.0 Å². The monoisotopic (exact) mass is 346 g/mol. The van der Waals surface area contributed by atoms with E-state index < -0.39 is 29.7 Å². The molecule has 0 aromatic heterocycles. The maximum atomic E-state index is 12.7. The number of esters is 2. The van der Waals surface area contributed by atoms with Gasteiger partial charge in [0.15, 0.2) is 0 Å². The third-order valence-corrected chi connectivity index (χ3v) is 3.68. The van der Waals surface area contributed by atoms with Crippen molar-refractivity contribution in [2.45, 2.75) is 20.3 Å². The molecule has 1 heterocycles. The van der Waals surface area contributed by atoms with Crippen LogP contribution >= 0.6 is 0 Å². The van der Waals surface area contributed by atoms with Crippen molar-refractivity contribution in [1.82, 2.24) is 0 Å². The van der Waals surface area contributed by atoms with E-state index in [0.717, 1.165) is 4.90 Å². The molecule has 8 heteroatoms. The summed E-state index contributed by atoms with van der Waals surface area (Å²) in [5.74, 6) is -2.93. The van der Waals surface area contributed by atoms with Gasteiger partial charge in [-0.1, -0.05) is 0 Å². The fourth-order valence-electron chi connectivity index (χ4n) is 2.65. The number of carbonyl (C=O) groups is 4. The Kier molecular flexibility index (Phi) is 5.21. The molecule has 132 valence electrons. The maximum absolute atomic E-state index is 12.7. The lowest BCUT2D eigenvalue weighted by molar-refractivity contribution is -0.138. The van der Waals surface area contributed by atoms with Crippen molar-refractivity contribution in [2.75, 3.05) is 12.0 Å². The van der Waals surface area contributed by atoms with Crippen LogP contribution in [0.2, 0.25) is 0 Å². The third kappa shape index (κ3) is 3.68. The van der Waals surface area contributed by atoms with Crippen molar-refractivity contribution in [2.24, 2.45) is 11.7 Å². The van der Waals surface area contributed by atoms with Gasteiger partial charge in [-0.2, -0.15) is 0 Å². The van der Waals surface area contributed by atoms with E-state index in [0.29, 0.717) is 11.4 Å². The maximum Gasteiger partial charge on any atom is 0.336 e. The van der Waals surface area contributed by atoms with E-state index in [2.05, 4.69) is 4.74 Å². The smallest absolute Gasteiger partial charge is 0.336 e. The zero-order chi connectivity index (χ0) is 18.7. The Morgan fingerprint density at radius 1 is 1.16 bits per heavy atom. The molecule has 1 aromatic rings. The van der Waals surface area contributed by atoms with E-state index >= 15 is 0 Å². The largest absolute Gasteiger partial charge is 0.466 e. The van der Waals surface area contributed by atoms with Crippen molar-refractivity contribution in [3.8, 4) is 5.75 Å². The summed E-state index contributed by atoms with van der Waals surface area (Å²) < 4.78 is 9.57. The number of allylic oxidation sites excluding steroid dienone is 1. The molecule has 2 rings (SSSR count). The number of hydrogen-bond acceptors (Lipinski definition) is 7. The van der Waals surface area contributed by atoms with Crippen molar-refractivity contribution in [3.63, 3.8) is 0 Å². The summed E-state index contributed by atoms with van der Waals surface area (Å²) in [4.78, 5) is 48.8. The molecule has 1 fully saturated rings. The molecular weight excluding hydrogens is 328 g/mol. The minimum atomic E-state index is -0.988. The van der Waals surface area contributed by atoms with E-state index in [9.17, 15) is 19.2 Å². The number of amides is 2. The second kappa shape index (κ2) is 7.16. The van der Waals surface area contributed by atoms with Crippen LogP contribution in [0.4, 0.5) is 5.69 Å². The highest BCUT2D eigenvalue weighted by Crippen LogP contribution is 2.32. The Balaban J connectivity index is 2.31. The van der Waals surface area contributed by atoms with Crippen LogP contribution < -0.4 is 15.4 Å². The van der Waals surface area contributed by atoms with Crippen LogP contribution in [0.25, 0.3) is 0 Å². The van der Waals surface area contributed by atoms with E-state index in [4.69, 9.17) is 10.5 Å². The zero-order valence-corrected chi connectivity index (χ0v) is 14.1. The second-order valence-corrected chi connectivity index (χ2v) is 5.50. The van der Waals surface area contributed by atoms with Crippen LogP contribution in [-0.4, -0.2) is 30.9 Å². The summed E-state index contributed by atoms with van der Waals surface area (Å²) in [7, 11) is 1.18. The van der Waals surface area contributed by atoms with Crippen LogP contribution in [0.1, 0.15) is 20.3 Å². The first-order chi connectivity index (χ1) is 11.8. The molecule has 1 unspecified atom stereocenters. The molecule has 0 spiro atoms. The third-order valence-electron chi connectivity index (χ3n) is 3.68. The van der Waals surface area contributed by atoms with Crippen LogP contribution in [0.5, 0.6) is 5.75 Å². The average Bonchev–Trinajstić information content (AvgIpc) is 2.82. The first-order valence-corrected chi connectivity index (χ1v) is 7.46. The Hall–Kier alpha value is -3.16. The molecule has 25 heavy (non-hydrogen) atoms. The number of nitrogens with two attached hydrogens (primary N) is 1. The molecule has 1 aliphatic rings. The van der Waals surface area contributed by atoms with Crippen molar-refractivity contribution >= 4 is 29.4 Å². The van der Waals surface area contributed by atoms with E-state index in [-0.39, 0.29) is 17.7 Å². The predicted octanol–water partition coefficient (Wildman–Crippen LogP) is 0.897. The molecule has 0 radical (unpaired) electrons. The molecule has 2 amide bonds. The molecule has 1 aromatic carbocycles. The molecule has 8 nitrogen and oxygen atoms in total. The van der Waals surface area contributed by atoms with E-state index in [1.165, 1.54) is 45.2 Å². The Morgan fingerprint density at radius 2 is 1.76 bits per heavy atom. The van der Waals surface area contributed by atoms with Gasteiger partial charge < -0.3 is 15.2 Å². The van der Waals surface area contributed by atoms with Gasteiger partial charge in [-0.25, -0.2) is 9.69 Å². The summed E-state index contributed by atoms with van der Waals surface area (Å²) in [6.07, 6.45) is -0.177. The van der Waals surface area contributed by atoms with Crippen molar-refractivity contribution in [1.29, 1.82) is 0 Å². The molecule has 1 atom stereocenters. The number of ether oxygens (including phenoxy) is 2. The Morgan fingerprint density at radius 3 is 2.24 bits per heavy atom. The van der Waals surface area contributed by atoms with Gasteiger partial charge >= 0.3 is 11.9 Å². The zero-order valence-electron chi connectivity index (χ0n) is 14.1. The topological polar surface area (TPSA) is 116 Å². The normalized spacial score (nSPS) is 18.0. The van der Waals surface area contributed by atoms with Gasteiger partial charge in [0.25, 0.3) is 0 Å². The summed E-state index contributed by atoms with van der Waals surface area (Å²) in [5, 5.41) is 0. The highest BCUT2D eigenvalue weighted by molar-refractivity contribution is 6.23. The molecule has 0 saturated carbocycles. The lowest BCUT2D eigenvalue weighted by Crippen LogP contribution is -2.32. The summed E-state index contributed by atoms with van der Waals surface area (Å²) in [6.45, 7) is 2.74. The number of nitrogens with zero attached hydrogens (tertiary/aromatic N) is 1. The lowest BCUT2D eigenvalue weighted by Gasteiger charge is -2.16. The lowest BCUT2D eigenvalue weighted by atomic mass is 9.95. The second-order valence-electron chi connectivity index (χ2n) is 5.50. The average molecular weight is 346 g/mol. The number of hydrogen-bond donors (Lipinski definition) is 1. The first-order valence-electron chi connectivity index (χ1n) is 7.46. The molecule has 1 aliphatic heterocycles. The van der Waals surface area contributed by atoms with Crippen LogP contribution in [-0.2, 0) is 23.9 Å². The Bertz CT molecular complexity index is 762. The number of benzene rings is 1. The Labute approximate surface area is 144 Å². The predicted molar refractivity (Wildman–Crippen MR) is 87.3 cm³/mol. The van der Waals surface area contributed by atoms with Gasteiger partial charge in [-0.15, -0.1) is 0 Å². The van der Waals surface area contributed by atoms with Crippen LogP contribution in [0, 0.1) is 5.92 Å². The molecule has 2 N–H and O–H groups in total. The fourth-order valence-corrected chi connectivity index (χ4v) is 2.65. The van der Waals surface area contributed by atoms with Gasteiger partial charge in [0.1, 0.15) is 5.75 Å². The highest BCUT2D eigenvalue weighted by atomic mass is 16.5. The standard InChI is InChI=1S/C17H18N2O6/c1-9(18)15(17(23)24-3)13-8-14(21)19(16(13)22)11-4-6-12(7-5-11)25-10(2)20/h4-7,13H,8,18H2,1-3H3/b15-9-. The van der Waals surface area contributed by atoms with Gasteiger partial charge in [-0.3, -0.25) is 14.4 Å². The van der Waals surface area contributed by atoms with E-state index in [1.54, 1.807) is 0 Å². The van der Waals surface area contributed by atoms with Crippen molar-refractivity contribution < 1.29 is 28.7 Å². The number of methoxy groups -OCH3 is 1. The van der Waals surface area contributed by atoms with Crippen LogP contribution in [0.3, 0.4) is 0 Å². The number of anilines is 1. The molecular formula is C17H18N2O6. The van der Waals surface area contributed by atoms with Gasteiger partial charge in [0.2, 0.25) is 11.8 Å². The quantitative estimate of drug-likeness (QED) is 0.372. The molecule has 1 saturated heterocycles. The number of imide groups is 1. The van der Waals surface area contributed by atoms with Crippen molar-refractivity contribution in [3.05, 3.63) is 35.5 Å². The highest BCUT2D eigenvalue weighted by Gasteiger charge is 2.44. The summed E-state index contributed by atoms with van der Waals surface area (Å²) in [6, 6.07) is 5.90. The SMILES string of the molecule is COC(=O)/C(=C(/C)N)C1CC(=O)N(c2ccc(OC(C)=O)cc2)C1=O. The summed E-state index contributed by atoms with van der Waals surface area (Å²) in [5.41, 5.74) is 6.13. The first kappa shape index (κ1) is 18.2. The molecule has 0 bridgehead atoms. The number of rotatable bonds is 4. The van der Waals surface area contributed by atoms with E-state index in [1.807, 2.05) is 0 Å². The minimum Gasteiger partial charge on any atom is -0.466 e. The summed E-state index contributed by atoms with van der Waals surface area (Å²) >= 11 is 0. The van der Waals surface area contributed by atoms with Gasteiger partial charge in [0.05, 0.1) is 24.3 Å². The van der Waals surface area contributed by atoms with Crippen LogP contribution in [0.15, 0.2) is 35.5 Å².